The lowest BCUT2D eigenvalue weighted by Gasteiger charge is -2.18. The van der Waals surface area contributed by atoms with E-state index in [2.05, 4.69) is 0 Å². The van der Waals surface area contributed by atoms with E-state index in [1.807, 2.05) is 62.3 Å². The Kier molecular flexibility index (Phi) is 5.44. The average Bonchev–Trinajstić information content (AvgIpc) is 2.55. The average molecular weight is 332 g/mol. The molecule has 0 heterocycles. The lowest BCUT2D eigenvalue weighted by molar-refractivity contribution is 0.466. The minimum atomic E-state index is -3.47. The maximum absolute atomic E-state index is 12.6. The summed E-state index contributed by atoms with van der Waals surface area (Å²) < 4.78 is 26.6. The zero-order chi connectivity index (χ0) is 17.0. The highest BCUT2D eigenvalue weighted by Gasteiger charge is 2.20. The summed E-state index contributed by atoms with van der Waals surface area (Å²) in [6, 6.07) is 15.0. The fraction of sp³-hybridized carbons (Fsp3) is 0.333. The van der Waals surface area contributed by atoms with Crippen LogP contribution < -0.4 is 4.90 Å². The second-order valence-corrected chi connectivity index (χ2v) is 7.86. The Labute approximate surface area is 139 Å². The van der Waals surface area contributed by atoms with Crippen LogP contribution in [0.1, 0.15) is 18.1 Å². The van der Waals surface area contributed by atoms with Gasteiger partial charge in [-0.25, -0.2) is 8.42 Å². The summed E-state index contributed by atoms with van der Waals surface area (Å²) in [5, 5.41) is 0. The Morgan fingerprint density at radius 3 is 1.83 bits per heavy atom. The minimum Gasteiger partial charge on any atom is -0.378 e. The third kappa shape index (κ3) is 4.12. The van der Waals surface area contributed by atoms with Crippen LogP contribution in [0.2, 0.25) is 0 Å². The zero-order valence-electron chi connectivity index (χ0n) is 14.2. The minimum absolute atomic E-state index is 0.335. The van der Waals surface area contributed by atoms with Crippen LogP contribution in [-0.4, -0.2) is 33.9 Å². The van der Waals surface area contributed by atoms with Gasteiger partial charge in [0.2, 0.25) is 10.0 Å². The predicted molar refractivity (Wildman–Crippen MR) is 95.2 cm³/mol. The van der Waals surface area contributed by atoms with Crippen molar-refractivity contribution in [3.8, 4) is 0 Å². The first kappa shape index (κ1) is 17.5. The van der Waals surface area contributed by atoms with E-state index in [1.54, 1.807) is 19.2 Å². The van der Waals surface area contributed by atoms with Crippen molar-refractivity contribution in [3.63, 3.8) is 0 Å². The van der Waals surface area contributed by atoms with E-state index in [-0.39, 0.29) is 0 Å². The molecule has 0 saturated heterocycles. The zero-order valence-corrected chi connectivity index (χ0v) is 15.0. The quantitative estimate of drug-likeness (QED) is 0.816. The van der Waals surface area contributed by atoms with Gasteiger partial charge < -0.3 is 4.90 Å². The molecular weight excluding hydrogens is 308 g/mol. The van der Waals surface area contributed by atoms with Gasteiger partial charge in [-0.2, -0.15) is 4.31 Å². The maximum Gasteiger partial charge on any atom is 0.243 e. The van der Waals surface area contributed by atoms with E-state index in [4.69, 9.17) is 0 Å². The molecule has 2 rings (SSSR count). The molecule has 0 aliphatic heterocycles. The number of benzene rings is 2. The van der Waals surface area contributed by atoms with Crippen LogP contribution in [0.3, 0.4) is 0 Å². The summed E-state index contributed by atoms with van der Waals surface area (Å²) >= 11 is 0. The van der Waals surface area contributed by atoms with Crippen LogP contribution in [0.15, 0.2) is 53.4 Å². The van der Waals surface area contributed by atoms with Gasteiger partial charge in [0.15, 0.2) is 0 Å². The van der Waals surface area contributed by atoms with Crippen molar-refractivity contribution >= 4 is 15.7 Å². The van der Waals surface area contributed by atoms with Gasteiger partial charge in [0.25, 0.3) is 0 Å². The van der Waals surface area contributed by atoms with Gasteiger partial charge in [-0.15, -0.1) is 0 Å². The number of hydrogen-bond acceptors (Lipinski definition) is 3. The highest BCUT2D eigenvalue weighted by Crippen LogP contribution is 2.19. The third-order valence-corrected chi connectivity index (χ3v) is 5.72. The number of hydrogen-bond donors (Lipinski definition) is 0. The summed E-state index contributed by atoms with van der Waals surface area (Å²) in [5.41, 5.74) is 3.19. The van der Waals surface area contributed by atoms with Crippen molar-refractivity contribution in [2.75, 3.05) is 26.0 Å². The Morgan fingerprint density at radius 2 is 1.35 bits per heavy atom. The molecule has 0 N–H and O–H groups in total. The standard InChI is InChI=1S/C18H24N2O2S/c1-5-15-8-12-18(13-9-15)23(21,22)20(4)14-16-6-10-17(11-7-16)19(2)3/h6-13H,5,14H2,1-4H3. The molecule has 0 aromatic heterocycles. The molecule has 0 bridgehead atoms. The SMILES string of the molecule is CCc1ccc(S(=O)(=O)N(C)Cc2ccc(N(C)C)cc2)cc1. The molecule has 0 aliphatic carbocycles. The fourth-order valence-corrected chi connectivity index (χ4v) is 3.48. The first-order valence-corrected chi connectivity index (χ1v) is 9.10. The second-order valence-electron chi connectivity index (χ2n) is 5.82. The van der Waals surface area contributed by atoms with Crippen molar-refractivity contribution < 1.29 is 8.42 Å². The Bertz CT molecular complexity index is 736. The van der Waals surface area contributed by atoms with Crippen LogP contribution in [0.5, 0.6) is 0 Å². The Morgan fingerprint density at radius 1 is 0.826 bits per heavy atom. The van der Waals surface area contributed by atoms with E-state index in [1.165, 1.54) is 4.31 Å². The number of aryl methyl sites for hydroxylation is 1. The number of rotatable bonds is 6. The predicted octanol–water partition coefficient (Wildman–Crippen LogP) is 3.14. The Balaban J connectivity index is 2.15. The molecule has 0 amide bonds. The van der Waals surface area contributed by atoms with Crippen molar-refractivity contribution in [1.82, 2.24) is 4.31 Å². The number of anilines is 1. The molecule has 0 spiro atoms. The van der Waals surface area contributed by atoms with Crippen molar-refractivity contribution in [1.29, 1.82) is 0 Å². The second kappa shape index (κ2) is 7.15. The molecule has 2 aromatic carbocycles. The molecule has 0 aliphatic rings. The summed E-state index contributed by atoms with van der Waals surface area (Å²) in [6.45, 7) is 2.40. The van der Waals surface area contributed by atoms with Crippen LogP contribution in [0.25, 0.3) is 0 Å². The topological polar surface area (TPSA) is 40.6 Å². The molecule has 0 saturated carbocycles. The van der Waals surface area contributed by atoms with Gasteiger partial charge in [-0.05, 0) is 41.8 Å². The largest absolute Gasteiger partial charge is 0.378 e. The van der Waals surface area contributed by atoms with E-state index in [0.717, 1.165) is 23.2 Å². The van der Waals surface area contributed by atoms with E-state index in [0.29, 0.717) is 11.4 Å². The van der Waals surface area contributed by atoms with Crippen molar-refractivity contribution in [2.45, 2.75) is 24.8 Å². The lowest BCUT2D eigenvalue weighted by Crippen LogP contribution is -2.26. The van der Waals surface area contributed by atoms with Gasteiger partial charge in [0.05, 0.1) is 4.90 Å². The van der Waals surface area contributed by atoms with Gasteiger partial charge in [0.1, 0.15) is 0 Å². The summed E-state index contributed by atoms with van der Waals surface area (Å²) in [5.74, 6) is 0. The number of sulfonamides is 1. The van der Waals surface area contributed by atoms with E-state index in [9.17, 15) is 8.42 Å². The molecule has 5 heteroatoms. The Hall–Kier alpha value is -1.85. The fourth-order valence-electron chi connectivity index (χ4n) is 2.32. The first-order chi connectivity index (χ1) is 10.8. The lowest BCUT2D eigenvalue weighted by atomic mass is 10.2. The van der Waals surface area contributed by atoms with Crippen LogP contribution >= 0.6 is 0 Å². The first-order valence-electron chi connectivity index (χ1n) is 7.66. The highest BCUT2D eigenvalue weighted by molar-refractivity contribution is 7.89. The molecule has 0 atom stereocenters. The molecule has 0 unspecified atom stereocenters. The van der Waals surface area contributed by atoms with Gasteiger partial charge in [-0.3, -0.25) is 0 Å². The molecule has 23 heavy (non-hydrogen) atoms. The smallest absolute Gasteiger partial charge is 0.243 e. The normalized spacial score (nSPS) is 11.7. The summed E-state index contributed by atoms with van der Waals surface area (Å²) in [6.07, 6.45) is 0.897. The van der Waals surface area contributed by atoms with E-state index >= 15 is 0 Å². The molecule has 2 aromatic rings. The third-order valence-electron chi connectivity index (χ3n) is 3.90. The van der Waals surface area contributed by atoms with Crippen LogP contribution in [0.4, 0.5) is 5.69 Å². The molecular formula is C18H24N2O2S. The van der Waals surface area contributed by atoms with Gasteiger partial charge >= 0.3 is 0 Å². The maximum atomic E-state index is 12.6. The molecule has 0 radical (unpaired) electrons. The summed E-state index contributed by atoms with van der Waals surface area (Å²) in [4.78, 5) is 2.35. The monoisotopic (exact) mass is 332 g/mol. The van der Waals surface area contributed by atoms with Crippen LogP contribution in [-0.2, 0) is 23.0 Å². The van der Waals surface area contributed by atoms with Gasteiger partial charge in [-0.1, -0.05) is 31.2 Å². The van der Waals surface area contributed by atoms with Crippen molar-refractivity contribution in [3.05, 3.63) is 59.7 Å². The number of nitrogens with zero attached hydrogens (tertiary/aromatic N) is 2. The molecule has 124 valence electrons. The molecule has 0 fully saturated rings. The summed E-state index contributed by atoms with van der Waals surface area (Å²) in [7, 11) is 2.10. The highest BCUT2D eigenvalue weighted by atomic mass is 32.2. The van der Waals surface area contributed by atoms with Gasteiger partial charge in [0, 0.05) is 33.4 Å². The van der Waals surface area contributed by atoms with E-state index < -0.39 is 10.0 Å². The van der Waals surface area contributed by atoms with Crippen molar-refractivity contribution in [2.24, 2.45) is 0 Å². The molecule has 4 nitrogen and oxygen atoms in total. The van der Waals surface area contributed by atoms with Crippen LogP contribution in [0, 0.1) is 0 Å².